The van der Waals surface area contributed by atoms with Gasteiger partial charge in [-0.1, -0.05) is 44.6 Å². The topological polar surface area (TPSA) is 92.6 Å². The number of nitrogens with zero attached hydrogens (tertiary/aromatic N) is 3. The minimum absolute atomic E-state index is 0.414. The van der Waals surface area contributed by atoms with Gasteiger partial charge < -0.3 is 11.1 Å². The molecule has 1 aromatic heterocycles. The number of amidine groups is 1. The third kappa shape index (κ3) is 3.70. The highest BCUT2D eigenvalue weighted by atomic mass is 127. The van der Waals surface area contributed by atoms with Gasteiger partial charge in [-0.15, -0.1) is 0 Å². The highest BCUT2D eigenvalue weighted by molar-refractivity contribution is 14.1. The first-order valence-electron chi connectivity index (χ1n) is 5.80. The Labute approximate surface area is 139 Å². The largest absolute Gasteiger partial charge is 0.384 e. The maximum atomic E-state index is 6.06. The summed E-state index contributed by atoms with van der Waals surface area (Å²) in [4.78, 5) is 8.30. The number of nitrogens with one attached hydrogen (secondary N) is 1. The Morgan fingerprint density at radius 3 is 2.95 bits per heavy atom. The van der Waals surface area contributed by atoms with Crippen molar-refractivity contribution in [2.45, 2.75) is 6.54 Å². The van der Waals surface area contributed by atoms with E-state index in [-0.39, 0.29) is 0 Å². The summed E-state index contributed by atoms with van der Waals surface area (Å²) in [5, 5.41) is 4.71. The molecule has 0 saturated heterocycles. The molecule has 1 aromatic rings. The van der Waals surface area contributed by atoms with E-state index in [1.165, 1.54) is 5.01 Å². The fourth-order valence-electron chi connectivity index (χ4n) is 1.61. The maximum absolute atomic E-state index is 6.06. The standard InChI is InChI=1S/C12H14BrIN6/c13-9(5-14)12-19-10(15)4-11(20(12)16)18-7-8-2-1-3-17-6-8/h1-4,6,18H,5,7,16H2,(H2,15,19)/b12-9+. The molecule has 0 unspecified atom stereocenters. The molecule has 8 heteroatoms. The highest BCUT2D eigenvalue weighted by Gasteiger charge is 2.18. The Morgan fingerprint density at radius 2 is 2.30 bits per heavy atom. The average Bonchev–Trinajstić information content (AvgIpc) is 2.48. The van der Waals surface area contributed by atoms with Crippen molar-refractivity contribution >= 4 is 44.4 Å². The third-order valence-electron chi connectivity index (χ3n) is 2.56. The Kier molecular flexibility index (Phi) is 5.38. The smallest absolute Gasteiger partial charge is 0.161 e. The molecule has 106 valence electrons. The van der Waals surface area contributed by atoms with Crippen LogP contribution in [0, 0.1) is 0 Å². The van der Waals surface area contributed by atoms with E-state index in [0.717, 1.165) is 14.5 Å². The van der Waals surface area contributed by atoms with E-state index in [9.17, 15) is 0 Å². The Morgan fingerprint density at radius 1 is 1.50 bits per heavy atom. The van der Waals surface area contributed by atoms with Gasteiger partial charge in [-0.3, -0.25) is 4.98 Å². The molecular weight excluding hydrogens is 435 g/mol. The molecule has 6 nitrogen and oxygen atoms in total. The molecule has 0 spiro atoms. The summed E-state index contributed by atoms with van der Waals surface area (Å²) in [6.07, 6.45) is 5.24. The molecule has 0 aliphatic carbocycles. The van der Waals surface area contributed by atoms with E-state index < -0.39 is 0 Å². The van der Waals surface area contributed by atoms with Crippen LogP contribution in [0.4, 0.5) is 0 Å². The van der Waals surface area contributed by atoms with E-state index in [4.69, 9.17) is 11.6 Å². The summed E-state index contributed by atoms with van der Waals surface area (Å²) >= 11 is 5.68. The number of alkyl halides is 1. The van der Waals surface area contributed by atoms with Crippen molar-refractivity contribution in [3.8, 4) is 0 Å². The van der Waals surface area contributed by atoms with Gasteiger partial charge >= 0.3 is 0 Å². The lowest BCUT2D eigenvalue weighted by molar-refractivity contribution is 0.399. The normalized spacial score (nSPS) is 17.4. The molecule has 0 aromatic carbocycles. The molecule has 0 atom stereocenters. The monoisotopic (exact) mass is 448 g/mol. The van der Waals surface area contributed by atoms with Crippen LogP contribution in [-0.4, -0.2) is 20.3 Å². The van der Waals surface area contributed by atoms with Crippen molar-refractivity contribution in [1.82, 2.24) is 15.3 Å². The molecule has 0 bridgehead atoms. The van der Waals surface area contributed by atoms with Crippen molar-refractivity contribution in [3.63, 3.8) is 0 Å². The number of aromatic nitrogens is 1. The number of rotatable bonds is 4. The minimum atomic E-state index is 0.414. The van der Waals surface area contributed by atoms with Crippen molar-refractivity contribution in [3.05, 3.63) is 52.3 Å². The lowest BCUT2D eigenvalue weighted by atomic mass is 10.3. The first-order chi connectivity index (χ1) is 9.61. The van der Waals surface area contributed by atoms with Crippen LogP contribution in [0.15, 0.2) is 51.7 Å². The number of hydrogen-bond donors (Lipinski definition) is 3. The number of hydrazine groups is 1. The second-order valence-corrected chi connectivity index (χ2v) is 5.73. The van der Waals surface area contributed by atoms with E-state index in [1.807, 2.05) is 12.1 Å². The summed E-state index contributed by atoms with van der Waals surface area (Å²) < 4.78 is 1.64. The predicted molar refractivity (Wildman–Crippen MR) is 91.6 cm³/mol. The van der Waals surface area contributed by atoms with E-state index in [2.05, 4.69) is 53.8 Å². The number of nitrogens with two attached hydrogens (primary N) is 2. The summed E-state index contributed by atoms with van der Waals surface area (Å²) in [6.45, 7) is 0.607. The molecule has 5 N–H and O–H groups in total. The summed E-state index contributed by atoms with van der Waals surface area (Å²) in [6, 6.07) is 3.87. The Balaban J connectivity index is 2.14. The van der Waals surface area contributed by atoms with E-state index in [1.54, 1.807) is 18.5 Å². The summed E-state index contributed by atoms with van der Waals surface area (Å²) in [7, 11) is 0. The quantitative estimate of drug-likeness (QED) is 0.369. The van der Waals surface area contributed by atoms with Gasteiger partial charge in [-0.05, 0) is 11.6 Å². The summed E-state index contributed by atoms with van der Waals surface area (Å²) in [5.74, 6) is 7.77. The minimum Gasteiger partial charge on any atom is -0.384 e. The Bertz CT molecular complexity index is 569. The average molecular weight is 449 g/mol. The molecule has 1 aliphatic heterocycles. The first kappa shape index (κ1) is 15.3. The SMILES string of the molecule is NC1=N/C(=C(\Br)CI)N(N)C(NCc2cccnc2)=C1. The zero-order valence-electron chi connectivity index (χ0n) is 10.6. The second-order valence-electron chi connectivity index (χ2n) is 4.01. The zero-order chi connectivity index (χ0) is 14.5. The van der Waals surface area contributed by atoms with Crippen LogP contribution < -0.4 is 16.9 Å². The van der Waals surface area contributed by atoms with Gasteiger partial charge in [0.15, 0.2) is 5.82 Å². The second kappa shape index (κ2) is 7.04. The van der Waals surface area contributed by atoms with Crippen molar-refractivity contribution in [2.75, 3.05) is 4.43 Å². The number of allylic oxidation sites excluding steroid dienone is 1. The molecule has 0 saturated carbocycles. The van der Waals surface area contributed by atoms with Crippen molar-refractivity contribution < 1.29 is 0 Å². The van der Waals surface area contributed by atoms with Gasteiger partial charge in [0.2, 0.25) is 0 Å². The molecule has 1 aliphatic rings. The van der Waals surface area contributed by atoms with E-state index >= 15 is 0 Å². The van der Waals surface area contributed by atoms with Gasteiger partial charge in [0.05, 0.1) is 0 Å². The van der Waals surface area contributed by atoms with Gasteiger partial charge in [-0.2, -0.15) is 0 Å². The van der Waals surface area contributed by atoms with E-state index in [0.29, 0.717) is 24.0 Å². The fraction of sp³-hybridized carbons (Fsp3) is 0.167. The van der Waals surface area contributed by atoms with Gasteiger partial charge in [-0.25, -0.2) is 15.8 Å². The zero-order valence-corrected chi connectivity index (χ0v) is 14.3. The molecule has 0 radical (unpaired) electrons. The first-order valence-corrected chi connectivity index (χ1v) is 8.11. The predicted octanol–water partition coefficient (Wildman–Crippen LogP) is 1.56. The van der Waals surface area contributed by atoms with Crippen molar-refractivity contribution in [2.24, 2.45) is 16.6 Å². The van der Waals surface area contributed by atoms with Crippen molar-refractivity contribution in [1.29, 1.82) is 0 Å². The van der Waals surface area contributed by atoms with Gasteiger partial charge in [0.25, 0.3) is 0 Å². The van der Waals surface area contributed by atoms with Crippen LogP contribution in [0.3, 0.4) is 0 Å². The Hall–Kier alpha value is -1.13. The molecule has 2 rings (SSSR count). The third-order valence-corrected chi connectivity index (χ3v) is 5.01. The lowest BCUT2D eigenvalue weighted by Crippen LogP contribution is -2.40. The van der Waals surface area contributed by atoms with Crippen LogP contribution in [0.25, 0.3) is 0 Å². The van der Waals surface area contributed by atoms with Crippen LogP contribution in [0.1, 0.15) is 5.56 Å². The molecule has 0 fully saturated rings. The molecule has 0 amide bonds. The van der Waals surface area contributed by atoms with Gasteiger partial charge in [0.1, 0.15) is 11.7 Å². The fourth-order valence-corrected chi connectivity index (χ4v) is 2.24. The maximum Gasteiger partial charge on any atom is 0.161 e. The molecule has 2 heterocycles. The lowest BCUT2D eigenvalue weighted by Gasteiger charge is -2.27. The number of halogens is 2. The van der Waals surface area contributed by atoms with Gasteiger partial charge in [0, 0.05) is 33.9 Å². The van der Waals surface area contributed by atoms with Crippen LogP contribution in [0.5, 0.6) is 0 Å². The molecule has 20 heavy (non-hydrogen) atoms. The molecular formula is C12H14BrIN6. The highest BCUT2D eigenvalue weighted by Crippen LogP contribution is 2.22. The number of hydrogen-bond acceptors (Lipinski definition) is 6. The van der Waals surface area contributed by atoms with Crippen LogP contribution in [0.2, 0.25) is 0 Å². The number of aliphatic imine (C=N–C) groups is 1. The van der Waals surface area contributed by atoms with Crippen LogP contribution >= 0.6 is 38.5 Å². The number of pyridine rings is 1. The summed E-state index contributed by atoms with van der Waals surface area (Å²) in [5.41, 5.74) is 6.88. The van der Waals surface area contributed by atoms with Crippen LogP contribution in [-0.2, 0) is 6.54 Å².